The summed E-state index contributed by atoms with van der Waals surface area (Å²) >= 11 is 1.53. The lowest BCUT2D eigenvalue weighted by Gasteiger charge is -2.43. The molecular weight excluding hydrogens is 362 g/mol. The number of hydrogen-bond acceptors (Lipinski definition) is 6. The van der Waals surface area contributed by atoms with Crippen LogP contribution >= 0.6 is 11.3 Å². The van der Waals surface area contributed by atoms with Gasteiger partial charge in [0, 0.05) is 53.4 Å². The predicted molar refractivity (Wildman–Crippen MR) is 102 cm³/mol. The third-order valence-corrected chi connectivity index (χ3v) is 6.16. The molecule has 1 amide bonds. The van der Waals surface area contributed by atoms with Gasteiger partial charge in [0.2, 0.25) is 0 Å². The zero-order chi connectivity index (χ0) is 18.9. The van der Waals surface area contributed by atoms with E-state index in [1.54, 1.807) is 24.8 Å². The van der Waals surface area contributed by atoms with Crippen molar-refractivity contribution in [2.24, 2.45) is 0 Å². The third kappa shape index (κ3) is 3.38. The van der Waals surface area contributed by atoms with Crippen molar-refractivity contribution in [3.63, 3.8) is 0 Å². The fraction of sp³-hybridized carbons (Fsp3) is 0.368. The van der Waals surface area contributed by atoms with Crippen molar-refractivity contribution in [1.29, 1.82) is 0 Å². The van der Waals surface area contributed by atoms with E-state index in [1.807, 2.05) is 29.5 Å². The van der Waals surface area contributed by atoms with Gasteiger partial charge in [-0.05, 0) is 18.9 Å². The molecule has 1 saturated heterocycles. The zero-order valence-corrected chi connectivity index (χ0v) is 15.8. The molecule has 0 bridgehead atoms. The van der Waals surface area contributed by atoms with E-state index in [0.717, 1.165) is 16.9 Å². The Balaban J connectivity index is 1.53. The van der Waals surface area contributed by atoms with Crippen LogP contribution in [0.3, 0.4) is 0 Å². The molecule has 0 radical (unpaired) electrons. The van der Waals surface area contributed by atoms with Gasteiger partial charge in [0.1, 0.15) is 5.60 Å². The molecular formula is C19H21N5O2S. The standard InChI is InChI=1S/C19H21N5O2S/c1-2-15-8-19(26,17-11-20-4-5-21-17)3-6-24(15)18(25)13-7-16(27-12-13)14-9-22-23-10-14/h4-5,7,9-12,15,26H,2-3,6,8H2,1H3,(H,22,23). The van der Waals surface area contributed by atoms with Crippen molar-refractivity contribution in [1.82, 2.24) is 25.1 Å². The molecule has 1 fully saturated rings. The van der Waals surface area contributed by atoms with Gasteiger partial charge in [0.25, 0.3) is 5.91 Å². The number of aromatic nitrogens is 4. The molecule has 0 aliphatic carbocycles. The maximum Gasteiger partial charge on any atom is 0.254 e. The number of H-pyrrole nitrogens is 1. The van der Waals surface area contributed by atoms with Crippen LogP contribution in [-0.2, 0) is 5.60 Å². The van der Waals surface area contributed by atoms with E-state index in [-0.39, 0.29) is 11.9 Å². The monoisotopic (exact) mass is 383 g/mol. The highest BCUT2D eigenvalue weighted by molar-refractivity contribution is 7.13. The van der Waals surface area contributed by atoms with E-state index < -0.39 is 5.60 Å². The van der Waals surface area contributed by atoms with Crippen LogP contribution < -0.4 is 0 Å². The number of carbonyl (C=O) groups is 1. The van der Waals surface area contributed by atoms with Crippen LogP contribution in [0.1, 0.15) is 42.2 Å². The second kappa shape index (κ2) is 7.21. The van der Waals surface area contributed by atoms with Crippen molar-refractivity contribution in [3.05, 3.63) is 53.7 Å². The van der Waals surface area contributed by atoms with Crippen molar-refractivity contribution in [2.75, 3.05) is 6.54 Å². The van der Waals surface area contributed by atoms with Crippen molar-refractivity contribution < 1.29 is 9.90 Å². The minimum atomic E-state index is -1.04. The molecule has 1 aliphatic rings. The highest BCUT2D eigenvalue weighted by Crippen LogP contribution is 2.37. The molecule has 7 nitrogen and oxygen atoms in total. The molecule has 1 aliphatic heterocycles. The molecule has 2 unspecified atom stereocenters. The van der Waals surface area contributed by atoms with Gasteiger partial charge in [-0.1, -0.05) is 6.92 Å². The largest absolute Gasteiger partial charge is 0.383 e. The second-order valence-corrected chi connectivity index (χ2v) is 7.73. The topological polar surface area (TPSA) is 95.0 Å². The minimum absolute atomic E-state index is 0.00837. The first-order valence-electron chi connectivity index (χ1n) is 8.98. The van der Waals surface area contributed by atoms with Gasteiger partial charge in [0.05, 0.1) is 23.7 Å². The number of nitrogens with one attached hydrogen (secondary N) is 1. The van der Waals surface area contributed by atoms with Crippen LogP contribution in [-0.4, -0.2) is 48.7 Å². The summed E-state index contributed by atoms with van der Waals surface area (Å²) in [5.41, 5.74) is 1.19. The molecule has 3 aromatic rings. The summed E-state index contributed by atoms with van der Waals surface area (Å²) in [6.07, 6.45) is 10.0. The number of rotatable bonds is 4. The summed E-state index contributed by atoms with van der Waals surface area (Å²) in [4.78, 5) is 24.3. The lowest BCUT2D eigenvalue weighted by molar-refractivity contribution is -0.0476. The quantitative estimate of drug-likeness (QED) is 0.722. The number of carbonyl (C=O) groups excluding carboxylic acids is 1. The van der Waals surface area contributed by atoms with Gasteiger partial charge in [-0.25, -0.2) is 0 Å². The van der Waals surface area contributed by atoms with E-state index in [2.05, 4.69) is 20.2 Å². The Hall–Kier alpha value is -2.58. The number of aliphatic hydroxyl groups is 1. The van der Waals surface area contributed by atoms with Crippen molar-refractivity contribution in [2.45, 2.75) is 37.8 Å². The Kier molecular flexibility index (Phi) is 4.75. The van der Waals surface area contributed by atoms with Crippen LogP contribution in [0, 0.1) is 0 Å². The van der Waals surface area contributed by atoms with Crippen LogP contribution in [0.5, 0.6) is 0 Å². The minimum Gasteiger partial charge on any atom is -0.383 e. The molecule has 0 spiro atoms. The fourth-order valence-corrected chi connectivity index (χ4v) is 4.51. The first-order valence-corrected chi connectivity index (χ1v) is 9.86. The van der Waals surface area contributed by atoms with Crippen LogP contribution in [0.25, 0.3) is 10.4 Å². The summed E-state index contributed by atoms with van der Waals surface area (Å²) in [7, 11) is 0. The number of amides is 1. The zero-order valence-electron chi connectivity index (χ0n) is 15.0. The van der Waals surface area contributed by atoms with E-state index in [9.17, 15) is 9.90 Å². The lowest BCUT2D eigenvalue weighted by atomic mass is 9.82. The molecule has 27 heavy (non-hydrogen) atoms. The molecule has 140 valence electrons. The van der Waals surface area contributed by atoms with E-state index in [4.69, 9.17) is 0 Å². The highest BCUT2D eigenvalue weighted by atomic mass is 32.1. The van der Waals surface area contributed by atoms with Gasteiger partial charge < -0.3 is 10.0 Å². The molecule has 8 heteroatoms. The lowest BCUT2D eigenvalue weighted by Crippen LogP contribution is -2.51. The van der Waals surface area contributed by atoms with E-state index in [1.165, 1.54) is 11.3 Å². The summed E-state index contributed by atoms with van der Waals surface area (Å²) in [5, 5.41) is 19.7. The number of nitrogens with zero attached hydrogens (tertiary/aromatic N) is 4. The van der Waals surface area contributed by atoms with Gasteiger partial charge >= 0.3 is 0 Å². The Morgan fingerprint density at radius 3 is 3.04 bits per heavy atom. The van der Waals surface area contributed by atoms with Crippen LogP contribution in [0.15, 0.2) is 42.4 Å². The normalized spacial score (nSPS) is 22.7. The number of hydrogen-bond donors (Lipinski definition) is 2. The Bertz CT molecular complexity index is 911. The van der Waals surface area contributed by atoms with Crippen molar-refractivity contribution in [3.8, 4) is 10.4 Å². The second-order valence-electron chi connectivity index (χ2n) is 6.82. The molecule has 4 heterocycles. The smallest absolute Gasteiger partial charge is 0.254 e. The number of aromatic amines is 1. The summed E-state index contributed by atoms with van der Waals surface area (Å²) < 4.78 is 0. The number of thiophene rings is 1. The molecule has 2 N–H and O–H groups in total. The van der Waals surface area contributed by atoms with Crippen LogP contribution in [0.4, 0.5) is 0 Å². The molecule has 3 aromatic heterocycles. The fourth-order valence-electron chi connectivity index (χ4n) is 3.65. The summed E-state index contributed by atoms with van der Waals surface area (Å²) in [5.74, 6) is 0.00837. The number of piperidine rings is 1. The first kappa shape index (κ1) is 17.8. The number of likely N-dealkylation sites (tertiary alicyclic amines) is 1. The average Bonchev–Trinajstić information content (AvgIpc) is 3.39. The van der Waals surface area contributed by atoms with Crippen molar-refractivity contribution >= 4 is 17.2 Å². The molecule has 2 atom stereocenters. The Morgan fingerprint density at radius 2 is 2.33 bits per heavy atom. The third-order valence-electron chi connectivity index (χ3n) is 5.18. The highest BCUT2D eigenvalue weighted by Gasteiger charge is 2.42. The molecule has 0 saturated carbocycles. The SMILES string of the molecule is CCC1CC(O)(c2cnccn2)CCN1C(=O)c1csc(-c2cn[nH]c2)c1. The summed E-state index contributed by atoms with van der Waals surface area (Å²) in [6.45, 7) is 2.53. The maximum atomic E-state index is 13.1. The van der Waals surface area contributed by atoms with Gasteiger partial charge in [-0.3, -0.25) is 19.9 Å². The van der Waals surface area contributed by atoms with Gasteiger partial charge in [-0.2, -0.15) is 5.10 Å². The first-order chi connectivity index (χ1) is 13.1. The Morgan fingerprint density at radius 1 is 1.44 bits per heavy atom. The molecule has 0 aromatic carbocycles. The Labute approximate surface area is 161 Å². The molecule has 4 rings (SSSR count). The summed E-state index contributed by atoms with van der Waals surface area (Å²) in [6, 6.07) is 1.86. The maximum absolute atomic E-state index is 13.1. The van der Waals surface area contributed by atoms with Gasteiger partial charge in [-0.15, -0.1) is 11.3 Å². The van der Waals surface area contributed by atoms with Gasteiger partial charge in [0.15, 0.2) is 0 Å². The van der Waals surface area contributed by atoms with E-state index in [0.29, 0.717) is 30.6 Å². The predicted octanol–water partition coefficient (Wildman–Crippen LogP) is 2.83. The average molecular weight is 383 g/mol. The van der Waals surface area contributed by atoms with E-state index >= 15 is 0 Å². The van der Waals surface area contributed by atoms with Crippen LogP contribution in [0.2, 0.25) is 0 Å².